The molecule has 0 saturated carbocycles. The van der Waals surface area contributed by atoms with Crippen molar-refractivity contribution in [2.24, 2.45) is 5.92 Å². The minimum Gasteiger partial charge on any atom is -0.392 e. The predicted octanol–water partition coefficient (Wildman–Crippen LogP) is 2.36. The van der Waals surface area contributed by atoms with Gasteiger partial charge in [-0.15, -0.1) is 0 Å². The van der Waals surface area contributed by atoms with Crippen LogP contribution in [0.4, 0.5) is 0 Å². The van der Waals surface area contributed by atoms with Crippen LogP contribution in [0.2, 0.25) is 0 Å². The third-order valence-corrected chi connectivity index (χ3v) is 6.47. The summed E-state index contributed by atoms with van der Waals surface area (Å²) in [5.74, 6) is 0.379. The summed E-state index contributed by atoms with van der Waals surface area (Å²) in [6.07, 6.45) is 0.885. The highest BCUT2D eigenvalue weighted by Crippen LogP contribution is 2.32. The molecule has 0 bridgehead atoms. The van der Waals surface area contributed by atoms with Crippen LogP contribution < -0.4 is 0 Å². The molecule has 4 nitrogen and oxygen atoms in total. The number of halogens is 1. The van der Waals surface area contributed by atoms with Gasteiger partial charge >= 0.3 is 0 Å². The summed E-state index contributed by atoms with van der Waals surface area (Å²) in [7, 11) is -3.51. The third-order valence-electron chi connectivity index (χ3n) is 3.49. The Morgan fingerprint density at radius 1 is 1.42 bits per heavy atom. The molecular formula is C13H18BrNO3S. The summed E-state index contributed by atoms with van der Waals surface area (Å²) in [4.78, 5) is 0.236. The van der Waals surface area contributed by atoms with Gasteiger partial charge in [-0.1, -0.05) is 13.0 Å². The third kappa shape index (κ3) is 2.86. The average molecular weight is 348 g/mol. The largest absolute Gasteiger partial charge is 0.392 e. The fraction of sp³-hybridized carbons (Fsp3) is 0.538. The van der Waals surface area contributed by atoms with E-state index in [0.717, 1.165) is 6.42 Å². The molecule has 0 aromatic heterocycles. The van der Waals surface area contributed by atoms with Crippen LogP contribution in [0.5, 0.6) is 0 Å². The Labute approximate surface area is 122 Å². The van der Waals surface area contributed by atoms with E-state index in [2.05, 4.69) is 22.9 Å². The lowest BCUT2D eigenvalue weighted by atomic mass is 10.1. The second-order valence-electron chi connectivity index (χ2n) is 5.19. The molecule has 1 aliphatic rings. The summed E-state index contributed by atoms with van der Waals surface area (Å²) in [6.45, 7) is 4.39. The fourth-order valence-corrected chi connectivity index (χ4v) is 5.31. The van der Waals surface area contributed by atoms with Crippen molar-refractivity contribution < 1.29 is 13.5 Å². The maximum absolute atomic E-state index is 12.7. The number of hydrogen-bond acceptors (Lipinski definition) is 3. The first kappa shape index (κ1) is 15.0. The van der Waals surface area contributed by atoms with E-state index in [1.807, 2.05) is 6.92 Å². The van der Waals surface area contributed by atoms with Crippen molar-refractivity contribution >= 4 is 26.0 Å². The molecule has 0 spiro atoms. The summed E-state index contributed by atoms with van der Waals surface area (Å²) < 4.78 is 27.5. The van der Waals surface area contributed by atoms with Crippen LogP contribution in [0.1, 0.15) is 25.8 Å². The van der Waals surface area contributed by atoms with E-state index >= 15 is 0 Å². The molecular weight excluding hydrogens is 330 g/mol. The van der Waals surface area contributed by atoms with Gasteiger partial charge in [0, 0.05) is 17.1 Å². The van der Waals surface area contributed by atoms with Gasteiger partial charge in [0.2, 0.25) is 10.0 Å². The van der Waals surface area contributed by atoms with Gasteiger partial charge in [0.15, 0.2) is 0 Å². The quantitative estimate of drug-likeness (QED) is 0.912. The van der Waals surface area contributed by atoms with E-state index in [-0.39, 0.29) is 17.5 Å². The second-order valence-corrected chi connectivity index (χ2v) is 7.90. The van der Waals surface area contributed by atoms with Gasteiger partial charge in [-0.05, 0) is 52.9 Å². The van der Waals surface area contributed by atoms with Gasteiger partial charge in [-0.3, -0.25) is 0 Å². The maximum Gasteiger partial charge on any atom is 0.244 e. The van der Waals surface area contributed by atoms with Crippen molar-refractivity contribution in [2.75, 3.05) is 6.54 Å². The number of sulfonamides is 1. The van der Waals surface area contributed by atoms with Crippen molar-refractivity contribution in [1.82, 2.24) is 4.31 Å². The lowest BCUT2D eigenvalue weighted by Gasteiger charge is -2.22. The predicted molar refractivity (Wildman–Crippen MR) is 77.2 cm³/mol. The molecule has 1 heterocycles. The lowest BCUT2D eigenvalue weighted by molar-refractivity contribution is 0.281. The number of aliphatic hydroxyl groups excluding tert-OH is 1. The molecule has 6 heteroatoms. The highest BCUT2D eigenvalue weighted by molar-refractivity contribution is 9.10. The number of nitrogens with zero attached hydrogens (tertiary/aromatic N) is 1. The van der Waals surface area contributed by atoms with Crippen LogP contribution in [0.15, 0.2) is 27.6 Å². The molecule has 2 unspecified atom stereocenters. The van der Waals surface area contributed by atoms with E-state index in [4.69, 9.17) is 5.11 Å². The van der Waals surface area contributed by atoms with E-state index in [1.165, 1.54) is 6.07 Å². The van der Waals surface area contributed by atoms with Crippen molar-refractivity contribution in [3.8, 4) is 0 Å². The zero-order valence-electron chi connectivity index (χ0n) is 11.0. The number of benzene rings is 1. The number of rotatable bonds is 3. The van der Waals surface area contributed by atoms with E-state index in [1.54, 1.807) is 16.4 Å². The second kappa shape index (κ2) is 5.52. The first-order valence-corrected chi connectivity index (χ1v) is 8.50. The highest BCUT2D eigenvalue weighted by Gasteiger charge is 2.36. The molecule has 2 atom stereocenters. The van der Waals surface area contributed by atoms with Gasteiger partial charge in [-0.25, -0.2) is 8.42 Å². The molecule has 2 rings (SSSR count). The Bertz CT molecular complexity index is 573. The molecule has 0 aliphatic carbocycles. The Morgan fingerprint density at radius 2 is 2.11 bits per heavy atom. The molecule has 1 aliphatic heterocycles. The molecule has 1 N–H and O–H groups in total. The summed E-state index contributed by atoms with van der Waals surface area (Å²) in [6, 6.07) is 4.93. The number of aliphatic hydroxyl groups is 1. The van der Waals surface area contributed by atoms with Crippen LogP contribution >= 0.6 is 15.9 Å². The number of hydrogen-bond donors (Lipinski definition) is 1. The summed E-state index contributed by atoms with van der Waals surface area (Å²) in [5.41, 5.74) is 0.599. The lowest BCUT2D eigenvalue weighted by Crippen LogP contribution is -2.34. The van der Waals surface area contributed by atoms with E-state index in [9.17, 15) is 8.42 Å². The Morgan fingerprint density at radius 3 is 2.63 bits per heavy atom. The average Bonchev–Trinajstić information content (AvgIpc) is 2.69. The molecule has 106 valence electrons. The minimum atomic E-state index is -3.51. The first-order valence-electron chi connectivity index (χ1n) is 6.27. The van der Waals surface area contributed by atoms with E-state index < -0.39 is 10.0 Å². The highest BCUT2D eigenvalue weighted by atomic mass is 79.9. The van der Waals surface area contributed by atoms with Crippen molar-refractivity contribution in [1.29, 1.82) is 0 Å². The molecule has 1 saturated heterocycles. The fourth-order valence-electron chi connectivity index (χ4n) is 2.57. The van der Waals surface area contributed by atoms with Crippen LogP contribution in [0, 0.1) is 5.92 Å². The molecule has 0 radical (unpaired) electrons. The smallest absolute Gasteiger partial charge is 0.244 e. The molecule has 1 aromatic rings. The van der Waals surface area contributed by atoms with Crippen LogP contribution in [-0.4, -0.2) is 30.4 Å². The van der Waals surface area contributed by atoms with Crippen LogP contribution in [0.3, 0.4) is 0 Å². The molecule has 1 fully saturated rings. The van der Waals surface area contributed by atoms with Gasteiger partial charge in [0.1, 0.15) is 0 Å². The standard InChI is InChI=1S/C13H18BrNO3S/c1-9-5-10(2)15(7-9)19(17,18)13-6-11(8-16)3-4-12(13)14/h3-4,6,9-10,16H,5,7-8H2,1-2H3. The Hall–Kier alpha value is -0.430. The van der Waals surface area contributed by atoms with Gasteiger partial charge in [0.25, 0.3) is 0 Å². The van der Waals surface area contributed by atoms with Gasteiger partial charge < -0.3 is 5.11 Å². The topological polar surface area (TPSA) is 57.6 Å². The van der Waals surface area contributed by atoms with Crippen LogP contribution in [-0.2, 0) is 16.6 Å². The Kier molecular flexibility index (Phi) is 4.35. The monoisotopic (exact) mass is 347 g/mol. The SMILES string of the molecule is CC1CC(C)N(S(=O)(=O)c2cc(CO)ccc2Br)C1. The normalized spacial score (nSPS) is 24.8. The molecule has 19 heavy (non-hydrogen) atoms. The zero-order valence-corrected chi connectivity index (χ0v) is 13.4. The van der Waals surface area contributed by atoms with E-state index in [0.29, 0.717) is 22.5 Å². The maximum atomic E-state index is 12.7. The first-order chi connectivity index (χ1) is 8.86. The van der Waals surface area contributed by atoms with Crippen molar-refractivity contribution in [3.63, 3.8) is 0 Å². The minimum absolute atomic E-state index is 0.0182. The van der Waals surface area contributed by atoms with Gasteiger partial charge in [0.05, 0.1) is 11.5 Å². The van der Waals surface area contributed by atoms with Gasteiger partial charge in [-0.2, -0.15) is 4.31 Å². The molecule has 0 amide bonds. The summed E-state index contributed by atoms with van der Waals surface area (Å²) >= 11 is 3.29. The van der Waals surface area contributed by atoms with Crippen LogP contribution in [0.25, 0.3) is 0 Å². The zero-order chi connectivity index (χ0) is 14.2. The van der Waals surface area contributed by atoms with Crippen molar-refractivity contribution in [3.05, 3.63) is 28.2 Å². The summed E-state index contributed by atoms with van der Waals surface area (Å²) in [5, 5.41) is 9.15. The molecule has 1 aromatic carbocycles. The Balaban J connectivity index is 2.45. The van der Waals surface area contributed by atoms with Crippen molar-refractivity contribution in [2.45, 2.75) is 37.8 Å².